The number of carbonyl (C=O) groups excluding carboxylic acids is 1. The number of carbonyl (C=O) groups is 1. The van der Waals surface area contributed by atoms with E-state index in [0.29, 0.717) is 16.7 Å². The Balaban J connectivity index is 2.48. The minimum atomic E-state index is -2.86. The lowest BCUT2D eigenvalue weighted by Crippen LogP contribution is -2.04. The van der Waals surface area contributed by atoms with Crippen molar-refractivity contribution >= 4 is 6.29 Å². The highest BCUT2D eigenvalue weighted by molar-refractivity contribution is 5.75. The van der Waals surface area contributed by atoms with Crippen molar-refractivity contribution in [1.29, 1.82) is 0 Å². The predicted molar refractivity (Wildman–Crippen MR) is 49.9 cm³/mol. The fourth-order valence-electron chi connectivity index (χ4n) is 1.21. The maximum absolute atomic E-state index is 12.4. The predicted octanol–water partition coefficient (Wildman–Crippen LogP) is 1.55. The third kappa shape index (κ3) is 1.79. The van der Waals surface area contributed by atoms with Gasteiger partial charge in [0.2, 0.25) is 0 Å². The van der Waals surface area contributed by atoms with Gasteiger partial charge in [-0.25, -0.2) is 4.68 Å². The van der Waals surface area contributed by atoms with E-state index in [1.165, 1.54) is 24.7 Å². The second-order valence-electron chi connectivity index (χ2n) is 2.89. The van der Waals surface area contributed by atoms with Crippen LogP contribution in [0.25, 0.3) is 11.4 Å². The molecule has 0 amide bonds. The quantitative estimate of drug-likeness (QED) is 0.742. The first kappa shape index (κ1) is 10.3. The molecule has 0 aliphatic heterocycles. The molecule has 0 unspecified atom stereocenters. The van der Waals surface area contributed by atoms with Gasteiger partial charge in [0.25, 0.3) is 0 Å². The molecule has 0 aliphatic carbocycles. The van der Waals surface area contributed by atoms with Gasteiger partial charge in [-0.2, -0.15) is 13.9 Å². The SMILES string of the molecule is O=Cc1cc(-c2cnccn2)nn1C(F)F. The number of hydrogen-bond acceptors (Lipinski definition) is 4. The average Bonchev–Trinajstić information content (AvgIpc) is 2.74. The van der Waals surface area contributed by atoms with Crippen LogP contribution in [0.3, 0.4) is 0 Å². The van der Waals surface area contributed by atoms with E-state index in [-0.39, 0.29) is 11.4 Å². The van der Waals surface area contributed by atoms with Gasteiger partial charge in [0, 0.05) is 12.4 Å². The summed E-state index contributed by atoms with van der Waals surface area (Å²) in [5.41, 5.74) is 0.330. The Labute approximate surface area is 88.8 Å². The molecule has 0 atom stereocenters. The van der Waals surface area contributed by atoms with Crippen LogP contribution in [0.15, 0.2) is 24.7 Å². The fourth-order valence-corrected chi connectivity index (χ4v) is 1.21. The van der Waals surface area contributed by atoms with Gasteiger partial charge in [-0.05, 0) is 6.07 Å². The van der Waals surface area contributed by atoms with Crippen LogP contribution in [-0.4, -0.2) is 26.0 Å². The van der Waals surface area contributed by atoms with Crippen LogP contribution >= 0.6 is 0 Å². The normalized spacial score (nSPS) is 10.7. The van der Waals surface area contributed by atoms with E-state index in [1.807, 2.05) is 0 Å². The molecule has 82 valence electrons. The lowest BCUT2D eigenvalue weighted by Gasteiger charge is -1.99. The largest absolute Gasteiger partial charge is 0.333 e. The van der Waals surface area contributed by atoms with Crippen molar-refractivity contribution in [2.45, 2.75) is 6.55 Å². The van der Waals surface area contributed by atoms with Crippen molar-refractivity contribution in [3.05, 3.63) is 30.4 Å². The molecule has 2 aromatic rings. The molecule has 0 saturated heterocycles. The first-order valence-corrected chi connectivity index (χ1v) is 4.31. The van der Waals surface area contributed by atoms with Gasteiger partial charge < -0.3 is 0 Å². The highest BCUT2D eigenvalue weighted by Crippen LogP contribution is 2.19. The van der Waals surface area contributed by atoms with E-state index < -0.39 is 6.55 Å². The van der Waals surface area contributed by atoms with Gasteiger partial charge in [-0.3, -0.25) is 14.8 Å². The number of aromatic nitrogens is 4. The summed E-state index contributed by atoms with van der Waals surface area (Å²) in [6.07, 6.45) is 4.57. The zero-order valence-corrected chi connectivity index (χ0v) is 7.92. The standard InChI is InChI=1S/C9H6F2N4O/c10-9(11)15-6(5-16)3-7(14-15)8-4-12-1-2-13-8/h1-5,9H. The van der Waals surface area contributed by atoms with Crippen molar-refractivity contribution in [3.8, 4) is 11.4 Å². The van der Waals surface area contributed by atoms with E-state index in [4.69, 9.17) is 0 Å². The van der Waals surface area contributed by atoms with Crippen molar-refractivity contribution in [3.63, 3.8) is 0 Å². The molecule has 0 fully saturated rings. The summed E-state index contributed by atoms with van der Waals surface area (Å²) in [6.45, 7) is -2.86. The van der Waals surface area contributed by atoms with Crippen LogP contribution in [0.2, 0.25) is 0 Å². The Kier molecular flexibility index (Phi) is 2.67. The number of hydrogen-bond donors (Lipinski definition) is 0. The molecular weight excluding hydrogens is 218 g/mol. The van der Waals surface area contributed by atoms with Crippen molar-refractivity contribution in [1.82, 2.24) is 19.7 Å². The fraction of sp³-hybridized carbons (Fsp3) is 0.111. The summed E-state index contributed by atoms with van der Waals surface area (Å²) < 4.78 is 25.2. The smallest absolute Gasteiger partial charge is 0.296 e. The molecule has 0 aromatic carbocycles. The zero-order valence-electron chi connectivity index (χ0n) is 7.92. The van der Waals surface area contributed by atoms with E-state index in [1.54, 1.807) is 0 Å². The van der Waals surface area contributed by atoms with Gasteiger partial charge in [-0.15, -0.1) is 0 Å². The lowest BCUT2D eigenvalue weighted by atomic mass is 10.3. The number of rotatable bonds is 3. The van der Waals surface area contributed by atoms with Crippen LogP contribution in [0.1, 0.15) is 17.0 Å². The molecule has 5 nitrogen and oxygen atoms in total. The minimum absolute atomic E-state index is 0.190. The number of aldehydes is 1. The van der Waals surface area contributed by atoms with Gasteiger partial charge in [0.1, 0.15) is 17.1 Å². The maximum Gasteiger partial charge on any atom is 0.333 e. The molecule has 2 rings (SSSR count). The lowest BCUT2D eigenvalue weighted by molar-refractivity contribution is 0.0535. The van der Waals surface area contributed by atoms with E-state index in [9.17, 15) is 13.6 Å². The molecule has 2 heterocycles. The summed E-state index contributed by atoms with van der Waals surface area (Å²) in [6, 6.07) is 1.24. The maximum atomic E-state index is 12.4. The summed E-state index contributed by atoms with van der Waals surface area (Å²) in [7, 11) is 0. The van der Waals surface area contributed by atoms with Crippen LogP contribution in [0.5, 0.6) is 0 Å². The minimum Gasteiger partial charge on any atom is -0.296 e. The van der Waals surface area contributed by atoms with Crippen molar-refractivity contribution < 1.29 is 13.6 Å². The highest BCUT2D eigenvalue weighted by atomic mass is 19.3. The second-order valence-corrected chi connectivity index (χ2v) is 2.89. The van der Waals surface area contributed by atoms with Gasteiger partial charge in [0.15, 0.2) is 6.29 Å². The van der Waals surface area contributed by atoms with Gasteiger partial charge >= 0.3 is 6.55 Å². The Morgan fingerprint density at radius 3 is 2.62 bits per heavy atom. The van der Waals surface area contributed by atoms with Crippen molar-refractivity contribution in [2.24, 2.45) is 0 Å². The third-order valence-electron chi connectivity index (χ3n) is 1.90. The molecule has 0 saturated carbocycles. The molecular formula is C9H6F2N4O. The zero-order chi connectivity index (χ0) is 11.5. The molecule has 0 aliphatic rings. The second kappa shape index (κ2) is 4.13. The first-order valence-electron chi connectivity index (χ1n) is 4.31. The number of nitrogens with zero attached hydrogens (tertiary/aromatic N) is 4. The Bertz CT molecular complexity index is 497. The molecule has 0 N–H and O–H groups in total. The van der Waals surface area contributed by atoms with E-state index in [2.05, 4.69) is 15.1 Å². The highest BCUT2D eigenvalue weighted by Gasteiger charge is 2.15. The van der Waals surface area contributed by atoms with Crippen LogP contribution in [0, 0.1) is 0 Å². The molecule has 0 spiro atoms. The Morgan fingerprint density at radius 1 is 1.31 bits per heavy atom. The summed E-state index contributed by atoms with van der Waals surface area (Å²) in [4.78, 5) is 18.2. The Morgan fingerprint density at radius 2 is 2.12 bits per heavy atom. The summed E-state index contributed by atoms with van der Waals surface area (Å²) in [5, 5.41) is 3.58. The van der Waals surface area contributed by atoms with Crippen LogP contribution < -0.4 is 0 Å². The molecule has 16 heavy (non-hydrogen) atoms. The number of alkyl halides is 2. The van der Waals surface area contributed by atoms with Crippen LogP contribution in [-0.2, 0) is 0 Å². The van der Waals surface area contributed by atoms with Gasteiger partial charge in [0.05, 0.1) is 6.20 Å². The summed E-state index contributed by atoms with van der Waals surface area (Å²) in [5.74, 6) is 0. The molecule has 7 heteroatoms. The monoisotopic (exact) mass is 224 g/mol. The Hall–Kier alpha value is -2.18. The van der Waals surface area contributed by atoms with Crippen LogP contribution in [0.4, 0.5) is 8.78 Å². The molecule has 2 aromatic heterocycles. The summed E-state index contributed by atoms with van der Waals surface area (Å²) >= 11 is 0. The van der Waals surface area contributed by atoms with E-state index >= 15 is 0 Å². The first-order chi connectivity index (χ1) is 7.72. The third-order valence-corrected chi connectivity index (χ3v) is 1.90. The van der Waals surface area contributed by atoms with E-state index in [0.717, 1.165) is 0 Å². The topological polar surface area (TPSA) is 60.7 Å². The molecule has 0 radical (unpaired) electrons. The average molecular weight is 224 g/mol. The van der Waals surface area contributed by atoms with Gasteiger partial charge in [-0.1, -0.05) is 0 Å². The van der Waals surface area contributed by atoms with Crippen molar-refractivity contribution in [2.75, 3.05) is 0 Å². The molecule has 0 bridgehead atoms. The number of halogens is 2.